The van der Waals surface area contributed by atoms with E-state index in [1.807, 2.05) is 13.0 Å². The highest BCUT2D eigenvalue weighted by molar-refractivity contribution is 6.22. The molecule has 192 valence electrons. The van der Waals surface area contributed by atoms with Gasteiger partial charge < -0.3 is 13.9 Å². The number of rotatable bonds is 7. The van der Waals surface area contributed by atoms with E-state index < -0.39 is 24.3 Å². The van der Waals surface area contributed by atoms with Crippen molar-refractivity contribution in [3.8, 4) is 5.75 Å². The molecule has 0 radical (unpaired) electrons. The second kappa shape index (κ2) is 10.3. The predicted octanol–water partition coefficient (Wildman–Crippen LogP) is 4.38. The highest BCUT2D eigenvalue weighted by Crippen LogP contribution is 2.39. The molecule has 38 heavy (non-hydrogen) atoms. The molecule has 0 bridgehead atoms. The lowest BCUT2D eigenvalue weighted by Gasteiger charge is -2.18. The van der Waals surface area contributed by atoms with Gasteiger partial charge in [-0.05, 0) is 80.4 Å². The Balaban J connectivity index is 1.16. The summed E-state index contributed by atoms with van der Waals surface area (Å²) in [6.07, 6.45) is 4.48. The van der Waals surface area contributed by atoms with Crippen LogP contribution in [0, 0.1) is 11.8 Å². The van der Waals surface area contributed by atoms with E-state index in [1.54, 1.807) is 6.07 Å². The summed E-state index contributed by atoms with van der Waals surface area (Å²) in [7, 11) is 0. The number of ether oxygens (including phenoxy) is 2. The van der Waals surface area contributed by atoms with Gasteiger partial charge in [-0.3, -0.25) is 19.3 Å². The molecule has 9 heteroatoms. The molecule has 1 aliphatic carbocycles. The lowest BCUT2D eigenvalue weighted by molar-refractivity contribution is -0.122. The van der Waals surface area contributed by atoms with E-state index in [1.165, 1.54) is 65.8 Å². The van der Waals surface area contributed by atoms with E-state index >= 15 is 0 Å². The molecular formula is C29H23NO8. The minimum absolute atomic E-state index is 0.0501. The van der Waals surface area contributed by atoms with Crippen LogP contribution in [0.25, 0.3) is 0 Å². The summed E-state index contributed by atoms with van der Waals surface area (Å²) < 4.78 is 15.3. The van der Waals surface area contributed by atoms with Gasteiger partial charge in [0.1, 0.15) is 5.75 Å². The Morgan fingerprint density at radius 1 is 0.895 bits per heavy atom. The summed E-state index contributed by atoms with van der Waals surface area (Å²) in [5.41, 5.74) is 1.94. The van der Waals surface area contributed by atoms with Gasteiger partial charge in [-0.2, -0.15) is 0 Å². The van der Waals surface area contributed by atoms with Gasteiger partial charge in [0.25, 0.3) is 0 Å². The van der Waals surface area contributed by atoms with Gasteiger partial charge in [-0.15, -0.1) is 0 Å². The van der Waals surface area contributed by atoms with Crippen LogP contribution in [0.1, 0.15) is 51.0 Å². The van der Waals surface area contributed by atoms with Gasteiger partial charge in [0, 0.05) is 5.56 Å². The topological polar surface area (TPSA) is 120 Å². The van der Waals surface area contributed by atoms with Crippen LogP contribution in [0.4, 0.5) is 5.69 Å². The predicted molar refractivity (Wildman–Crippen MR) is 134 cm³/mol. The zero-order valence-corrected chi connectivity index (χ0v) is 20.4. The molecule has 0 spiro atoms. The number of carbonyl (C=O) groups excluding carboxylic acids is 5. The number of imide groups is 1. The third kappa shape index (κ3) is 4.90. The fourth-order valence-electron chi connectivity index (χ4n) is 4.60. The molecule has 3 aromatic rings. The number of esters is 2. The summed E-state index contributed by atoms with van der Waals surface area (Å²) >= 11 is 0. The zero-order valence-electron chi connectivity index (χ0n) is 20.4. The fraction of sp³-hybridized carbons (Fsp3) is 0.207. The van der Waals surface area contributed by atoms with Gasteiger partial charge in [0.2, 0.25) is 17.6 Å². The van der Waals surface area contributed by atoms with Crippen LogP contribution in [-0.4, -0.2) is 36.1 Å². The van der Waals surface area contributed by atoms with Crippen LogP contribution in [0.3, 0.4) is 0 Å². The second-order valence-corrected chi connectivity index (χ2v) is 9.15. The summed E-state index contributed by atoms with van der Waals surface area (Å²) in [6, 6.07) is 14.8. The maximum atomic E-state index is 12.9. The second-order valence-electron chi connectivity index (χ2n) is 9.15. The Morgan fingerprint density at radius 3 is 2.26 bits per heavy atom. The number of Topliss-reactive ketones (excluding diaryl/α,β-unsaturated/α-hetero) is 1. The number of allylic oxidation sites excluding steroid dienone is 2. The van der Waals surface area contributed by atoms with Crippen LogP contribution in [0.2, 0.25) is 0 Å². The van der Waals surface area contributed by atoms with Crippen molar-refractivity contribution in [3.63, 3.8) is 0 Å². The van der Waals surface area contributed by atoms with Crippen LogP contribution in [-0.2, 0) is 14.3 Å². The molecule has 1 saturated heterocycles. The minimum Gasteiger partial charge on any atom is -0.457 e. The lowest BCUT2D eigenvalue weighted by atomic mass is 9.82. The molecule has 9 nitrogen and oxygen atoms in total. The average Bonchev–Trinajstić information content (AvgIpc) is 3.55. The number of anilines is 1. The molecule has 2 amide bonds. The maximum Gasteiger partial charge on any atom is 0.379 e. The number of benzene rings is 2. The minimum atomic E-state index is -0.721. The van der Waals surface area contributed by atoms with Crippen LogP contribution >= 0.6 is 0 Å². The van der Waals surface area contributed by atoms with Crippen molar-refractivity contribution < 1.29 is 37.9 Å². The maximum absolute atomic E-state index is 12.9. The summed E-state index contributed by atoms with van der Waals surface area (Å²) in [4.78, 5) is 63.8. The molecule has 1 fully saturated rings. The third-order valence-corrected chi connectivity index (χ3v) is 6.63. The molecule has 2 atom stereocenters. The Hall–Kier alpha value is -4.79. The third-order valence-electron chi connectivity index (χ3n) is 6.63. The average molecular weight is 514 g/mol. The standard InChI is InChI=1S/C29H23NO8/c1-17-4-13-22-23(15-17)27(33)30(26(22)32)20-9-5-19(6-10-20)28(34)37-16-24(31)18-7-11-21(12-8-18)38-29(35)25-3-2-14-36-25/h2-12,14,22-23H,13,15-16H2,1H3. The van der Waals surface area contributed by atoms with Crippen molar-refractivity contribution in [2.24, 2.45) is 11.8 Å². The first-order valence-electron chi connectivity index (χ1n) is 12.0. The van der Waals surface area contributed by atoms with E-state index in [9.17, 15) is 24.0 Å². The van der Waals surface area contributed by atoms with Crippen molar-refractivity contribution >= 4 is 35.2 Å². The normalized spacial score (nSPS) is 18.6. The fourth-order valence-corrected chi connectivity index (χ4v) is 4.60. The Kier molecular flexibility index (Phi) is 6.74. The van der Waals surface area contributed by atoms with Crippen molar-refractivity contribution in [2.45, 2.75) is 19.8 Å². The highest BCUT2D eigenvalue weighted by Gasteiger charge is 2.48. The van der Waals surface area contributed by atoms with Crippen molar-refractivity contribution in [1.29, 1.82) is 0 Å². The van der Waals surface area contributed by atoms with Gasteiger partial charge >= 0.3 is 11.9 Å². The first kappa shape index (κ1) is 24.9. The number of fused-ring (bicyclic) bond motifs is 1. The Bertz CT molecular complexity index is 1430. The molecular weight excluding hydrogens is 490 g/mol. The molecule has 2 aromatic carbocycles. The zero-order chi connectivity index (χ0) is 26.8. The number of nitrogens with zero attached hydrogens (tertiary/aromatic N) is 1. The van der Waals surface area contributed by atoms with E-state index in [0.29, 0.717) is 18.5 Å². The molecule has 0 saturated carbocycles. The molecule has 1 aromatic heterocycles. The summed E-state index contributed by atoms with van der Waals surface area (Å²) in [6.45, 7) is 1.46. The smallest absolute Gasteiger partial charge is 0.379 e. The van der Waals surface area contributed by atoms with E-state index in [-0.39, 0.29) is 46.3 Å². The Morgan fingerprint density at radius 2 is 1.58 bits per heavy atom. The molecule has 2 unspecified atom stereocenters. The number of amides is 2. The van der Waals surface area contributed by atoms with Crippen molar-refractivity contribution in [1.82, 2.24) is 0 Å². The van der Waals surface area contributed by atoms with Gasteiger partial charge in [0.05, 0.1) is 29.3 Å². The first-order chi connectivity index (χ1) is 18.3. The van der Waals surface area contributed by atoms with Crippen LogP contribution in [0.5, 0.6) is 5.75 Å². The number of carbonyl (C=O) groups is 5. The van der Waals surface area contributed by atoms with E-state index in [4.69, 9.17) is 13.9 Å². The van der Waals surface area contributed by atoms with Crippen molar-refractivity contribution in [3.05, 3.63) is 95.5 Å². The van der Waals surface area contributed by atoms with Gasteiger partial charge in [-0.25, -0.2) is 9.59 Å². The Labute approximate surface area is 217 Å². The summed E-state index contributed by atoms with van der Waals surface area (Å²) in [5.74, 6) is -2.71. The van der Waals surface area contributed by atoms with E-state index in [2.05, 4.69) is 0 Å². The molecule has 2 aliphatic rings. The highest BCUT2D eigenvalue weighted by atomic mass is 16.5. The van der Waals surface area contributed by atoms with Gasteiger partial charge in [-0.1, -0.05) is 11.6 Å². The molecule has 2 heterocycles. The molecule has 5 rings (SSSR count). The quantitative estimate of drug-likeness (QED) is 0.150. The lowest BCUT2D eigenvalue weighted by Crippen LogP contribution is -2.30. The first-order valence-corrected chi connectivity index (χ1v) is 12.0. The number of ketones is 1. The van der Waals surface area contributed by atoms with Crippen LogP contribution < -0.4 is 9.64 Å². The number of furan rings is 1. The molecule has 1 aliphatic heterocycles. The monoisotopic (exact) mass is 513 g/mol. The SMILES string of the molecule is CC1=CCC2C(=O)N(c3ccc(C(=O)OCC(=O)c4ccc(OC(=O)c5ccco5)cc4)cc3)C(=O)C2C1. The van der Waals surface area contributed by atoms with Crippen molar-refractivity contribution in [2.75, 3.05) is 11.5 Å². The number of hydrogen-bond acceptors (Lipinski definition) is 8. The number of hydrogen-bond donors (Lipinski definition) is 0. The van der Waals surface area contributed by atoms with Gasteiger partial charge in [0.15, 0.2) is 12.4 Å². The van der Waals surface area contributed by atoms with Crippen LogP contribution in [0.15, 0.2) is 83.0 Å². The molecule has 0 N–H and O–H groups in total. The summed E-state index contributed by atoms with van der Waals surface area (Å²) in [5, 5.41) is 0. The van der Waals surface area contributed by atoms with E-state index in [0.717, 1.165) is 5.57 Å². The largest absolute Gasteiger partial charge is 0.457 e.